The molecule has 0 saturated heterocycles. The zero-order chi connectivity index (χ0) is 25.8. The Hall–Kier alpha value is -4.17. The SMILES string of the molecule is CC(COC(=O)c1ccccc1)OCOc1ccccc1C(=O)OC(C)C(OC=O)c1ccccc1. The zero-order valence-corrected chi connectivity index (χ0v) is 20.1. The van der Waals surface area contributed by atoms with E-state index in [4.69, 9.17) is 23.7 Å². The molecule has 0 N–H and O–H groups in total. The van der Waals surface area contributed by atoms with Crippen LogP contribution in [0.5, 0.6) is 5.75 Å². The number of hydrogen-bond acceptors (Lipinski definition) is 8. The summed E-state index contributed by atoms with van der Waals surface area (Å²) >= 11 is 0. The summed E-state index contributed by atoms with van der Waals surface area (Å²) in [7, 11) is 0. The number of hydrogen-bond donors (Lipinski definition) is 0. The summed E-state index contributed by atoms with van der Waals surface area (Å²) in [6.07, 6.45) is -1.96. The van der Waals surface area contributed by atoms with Gasteiger partial charge in [0.1, 0.15) is 24.0 Å². The van der Waals surface area contributed by atoms with E-state index in [-0.39, 0.29) is 24.7 Å². The molecule has 0 amide bonds. The minimum absolute atomic E-state index is 0.0376. The number of para-hydroxylation sites is 1. The van der Waals surface area contributed by atoms with Crippen molar-refractivity contribution in [3.05, 3.63) is 102 Å². The molecule has 188 valence electrons. The van der Waals surface area contributed by atoms with Crippen LogP contribution < -0.4 is 4.74 Å². The number of esters is 2. The molecule has 3 rings (SSSR count). The van der Waals surface area contributed by atoms with Crippen molar-refractivity contribution >= 4 is 18.4 Å². The van der Waals surface area contributed by atoms with Crippen LogP contribution in [-0.2, 0) is 23.7 Å². The lowest BCUT2D eigenvalue weighted by atomic mass is 10.1. The lowest BCUT2D eigenvalue weighted by Crippen LogP contribution is -2.25. The van der Waals surface area contributed by atoms with Crippen molar-refractivity contribution in [3.8, 4) is 5.75 Å². The molecule has 0 bridgehead atoms. The number of ether oxygens (including phenoxy) is 5. The molecule has 0 aromatic heterocycles. The minimum atomic E-state index is -0.761. The van der Waals surface area contributed by atoms with E-state index in [0.717, 1.165) is 0 Å². The summed E-state index contributed by atoms with van der Waals surface area (Å²) in [6, 6.07) is 24.2. The van der Waals surface area contributed by atoms with Crippen LogP contribution in [0.3, 0.4) is 0 Å². The number of carbonyl (C=O) groups excluding carboxylic acids is 3. The molecule has 8 heteroatoms. The average molecular weight is 493 g/mol. The number of carbonyl (C=O) groups is 3. The quantitative estimate of drug-likeness (QED) is 0.146. The molecular formula is C28H28O8. The fourth-order valence-electron chi connectivity index (χ4n) is 3.33. The highest BCUT2D eigenvalue weighted by Crippen LogP contribution is 2.26. The van der Waals surface area contributed by atoms with Crippen molar-refractivity contribution in [2.75, 3.05) is 13.4 Å². The predicted molar refractivity (Wildman–Crippen MR) is 130 cm³/mol. The molecule has 0 aliphatic rings. The fourth-order valence-corrected chi connectivity index (χ4v) is 3.33. The number of benzene rings is 3. The molecular weight excluding hydrogens is 464 g/mol. The van der Waals surface area contributed by atoms with Crippen molar-refractivity contribution in [2.24, 2.45) is 0 Å². The van der Waals surface area contributed by atoms with Crippen LogP contribution >= 0.6 is 0 Å². The van der Waals surface area contributed by atoms with Gasteiger partial charge in [0.25, 0.3) is 6.47 Å². The molecule has 0 radical (unpaired) electrons. The molecule has 0 aliphatic carbocycles. The van der Waals surface area contributed by atoms with Crippen molar-refractivity contribution in [2.45, 2.75) is 32.2 Å². The Bertz CT molecular complexity index is 1120. The van der Waals surface area contributed by atoms with Gasteiger partial charge in [-0.15, -0.1) is 0 Å². The van der Waals surface area contributed by atoms with Crippen LogP contribution in [0.2, 0.25) is 0 Å². The first-order chi connectivity index (χ1) is 17.5. The first kappa shape index (κ1) is 26.4. The predicted octanol–water partition coefficient (Wildman–Crippen LogP) is 4.74. The van der Waals surface area contributed by atoms with Gasteiger partial charge in [0.15, 0.2) is 12.9 Å². The van der Waals surface area contributed by atoms with Crippen LogP contribution in [0.25, 0.3) is 0 Å². The first-order valence-corrected chi connectivity index (χ1v) is 11.4. The van der Waals surface area contributed by atoms with E-state index in [0.29, 0.717) is 17.6 Å². The van der Waals surface area contributed by atoms with Gasteiger partial charge in [-0.3, -0.25) is 4.79 Å². The highest BCUT2D eigenvalue weighted by Gasteiger charge is 2.26. The molecule has 0 aliphatic heterocycles. The maximum atomic E-state index is 12.9. The maximum absolute atomic E-state index is 12.9. The average Bonchev–Trinajstić information content (AvgIpc) is 2.91. The molecule has 3 atom stereocenters. The molecule has 36 heavy (non-hydrogen) atoms. The Labute approximate surface area is 209 Å². The van der Waals surface area contributed by atoms with Gasteiger partial charge in [0.2, 0.25) is 0 Å². The maximum Gasteiger partial charge on any atom is 0.342 e. The van der Waals surface area contributed by atoms with Crippen LogP contribution in [-0.4, -0.2) is 44.0 Å². The van der Waals surface area contributed by atoms with Gasteiger partial charge in [-0.2, -0.15) is 0 Å². The molecule has 3 aromatic rings. The highest BCUT2D eigenvalue weighted by molar-refractivity contribution is 5.92. The van der Waals surface area contributed by atoms with Crippen molar-refractivity contribution in [1.82, 2.24) is 0 Å². The summed E-state index contributed by atoms with van der Waals surface area (Å²) in [5.74, 6) is -0.823. The van der Waals surface area contributed by atoms with E-state index in [1.54, 1.807) is 86.6 Å². The van der Waals surface area contributed by atoms with E-state index in [1.165, 1.54) is 0 Å². The molecule has 0 heterocycles. The van der Waals surface area contributed by atoms with Crippen molar-refractivity contribution < 1.29 is 38.1 Å². The molecule has 8 nitrogen and oxygen atoms in total. The van der Waals surface area contributed by atoms with E-state index in [1.807, 2.05) is 12.1 Å². The second-order valence-corrected chi connectivity index (χ2v) is 7.87. The molecule has 3 aromatic carbocycles. The molecule has 0 spiro atoms. The van der Waals surface area contributed by atoms with Crippen LogP contribution in [0.1, 0.15) is 46.2 Å². The lowest BCUT2D eigenvalue weighted by molar-refractivity contribution is -0.139. The summed E-state index contributed by atoms with van der Waals surface area (Å²) in [5.41, 5.74) is 1.34. The zero-order valence-electron chi connectivity index (χ0n) is 20.1. The third kappa shape index (κ3) is 7.68. The Morgan fingerprint density at radius 1 is 0.833 bits per heavy atom. The van der Waals surface area contributed by atoms with Gasteiger partial charge >= 0.3 is 11.9 Å². The van der Waals surface area contributed by atoms with E-state index >= 15 is 0 Å². The van der Waals surface area contributed by atoms with E-state index in [9.17, 15) is 14.4 Å². The van der Waals surface area contributed by atoms with Gasteiger partial charge in [-0.05, 0) is 43.7 Å². The van der Waals surface area contributed by atoms with Crippen LogP contribution in [0.15, 0.2) is 84.9 Å². The summed E-state index contributed by atoms with van der Waals surface area (Å²) < 4.78 is 27.2. The van der Waals surface area contributed by atoms with Gasteiger partial charge in [0.05, 0.1) is 11.7 Å². The Morgan fingerprint density at radius 3 is 2.17 bits per heavy atom. The van der Waals surface area contributed by atoms with Gasteiger partial charge in [0, 0.05) is 0 Å². The van der Waals surface area contributed by atoms with Gasteiger partial charge in [-0.1, -0.05) is 60.7 Å². The molecule has 0 saturated carbocycles. The lowest BCUT2D eigenvalue weighted by Gasteiger charge is -2.23. The largest absolute Gasteiger partial charge is 0.467 e. The minimum Gasteiger partial charge on any atom is -0.467 e. The normalized spacial score (nSPS) is 13.1. The third-order valence-electron chi connectivity index (χ3n) is 5.18. The monoisotopic (exact) mass is 492 g/mol. The number of rotatable bonds is 13. The Morgan fingerprint density at radius 2 is 1.47 bits per heavy atom. The second kappa shape index (κ2) is 13.7. The van der Waals surface area contributed by atoms with Gasteiger partial charge in [-0.25, -0.2) is 9.59 Å². The second-order valence-electron chi connectivity index (χ2n) is 7.87. The molecule has 3 unspecified atom stereocenters. The van der Waals surface area contributed by atoms with E-state index in [2.05, 4.69) is 0 Å². The summed E-state index contributed by atoms with van der Waals surface area (Å²) in [6.45, 7) is 3.57. The smallest absolute Gasteiger partial charge is 0.342 e. The third-order valence-corrected chi connectivity index (χ3v) is 5.18. The van der Waals surface area contributed by atoms with Crippen LogP contribution in [0.4, 0.5) is 0 Å². The summed E-state index contributed by atoms with van der Waals surface area (Å²) in [5, 5.41) is 0. The molecule has 0 fully saturated rings. The van der Waals surface area contributed by atoms with Gasteiger partial charge < -0.3 is 23.7 Å². The first-order valence-electron chi connectivity index (χ1n) is 11.4. The van der Waals surface area contributed by atoms with E-state index < -0.39 is 30.3 Å². The topological polar surface area (TPSA) is 97.4 Å². The Kier molecular flexibility index (Phi) is 10.0. The standard InChI is InChI=1S/C28H28O8/c1-20(17-32-27(30)23-13-7-4-8-14-23)34-19-35-25-16-10-9-15-24(25)28(31)36-21(2)26(33-18-29)22-11-5-3-6-12-22/h3-16,18,20-21,26H,17,19H2,1-2H3. The van der Waals surface area contributed by atoms with Crippen LogP contribution in [0, 0.1) is 0 Å². The highest BCUT2D eigenvalue weighted by atomic mass is 16.7. The van der Waals surface area contributed by atoms with Crippen molar-refractivity contribution in [1.29, 1.82) is 0 Å². The van der Waals surface area contributed by atoms with Crippen molar-refractivity contribution in [3.63, 3.8) is 0 Å². The summed E-state index contributed by atoms with van der Waals surface area (Å²) in [4.78, 5) is 35.9. The fraction of sp³-hybridized carbons (Fsp3) is 0.250. The Balaban J connectivity index is 1.53.